The number of hydrogen-bond donors (Lipinski definition) is 0. The first-order valence-electron chi connectivity index (χ1n) is 11.8. The highest BCUT2D eigenvalue weighted by Crippen LogP contribution is 2.34. The fraction of sp³-hybridized carbons (Fsp3) is 0.586. The molecule has 0 aliphatic rings. The van der Waals surface area contributed by atoms with E-state index in [-0.39, 0.29) is 21.7 Å². The van der Waals surface area contributed by atoms with Crippen LogP contribution in [0.25, 0.3) is 0 Å². The van der Waals surface area contributed by atoms with E-state index in [0.29, 0.717) is 0 Å². The predicted octanol–water partition coefficient (Wildman–Crippen LogP) is 8.64. The Hall–Kier alpha value is -0.0675. The van der Waals surface area contributed by atoms with Gasteiger partial charge in [0.15, 0.2) is 0 Å². The summed E-state index contributed by atoms with van der Waals surface area (Å²) >= 11 is 6.14. The molecule has 0 aromatic heterocycles. The fourth-order valence-corrected chi connectivity index (χ4v) is 9.93. The average molecular weight is 578 g/mol. The summed E-state index contributed by atoms with van der Waals surface area (Å²) in [5.41, 5.74) is 6.33. The van der Waals surface area contributed by atoms with E-state index in [0.717, 1.165) is 0 Å². The molecule has 2 aromatic carbocycles. The zero-order chi connectivity index (χ0) is 25.0. The molecule has 0 amide bonds. The normalized spacial score (nSPS) is 13.5. The van der Waals surface area contributed by atoms with Crippen molar-refractivity contribution in [2.24, 2.45) is 0 Å². The minimum atomic E-state index is -1.56. The molecule has 0 heterocycles. The standard InChI is InChI=1S/2C14H20Br.CH3.Al/c2*1-13(2,3)10-7-11(14(4,5)6)9-12(15)8-10;;/h2*8-9H,1-6H3;1H3;. The Balaban J connectivity index is 3.09. The summed E-state index contributed by atoms with van der Waals surface area (Å²) in [6.07, 6.45) is 0. The van der Waals surface area contributed by atoms with Crippen LogP contribution in [0.2, 0.25) is 5.79 Å². The van der Waals surface area contributed by atoms with Crippen LogP contribution in [-0.4, -0.2) is 14.1 Å². The van der Waals surface area contributed by atoms with E-state index in [1.807, 2.05) is 0 Å². The van der Waals surface area contributed by atoms with E-state index in [4.69, 9.17) is 0 Å². The van der Waals surface area contributed by atoms with Crippen LogP contribution in [0.3, 0.4) is 0 Å². The summed E-state index contributed by atoms with van der Waals surface area (Å²) < 4.78 is 5.65. The summed E-state index contributed by atoms with van der Waals surface area (Å²) in [6.45, 7) is 28.4. The van der Waals surface area contributed by atoms with Gasteiger partial charge in [0, 0.05) is 8.95 Å². The molecule has 0 aliphatic heterocycles. The lowest BCUT2D eigenvalue weighted by atomic mass is 9.80. The Morgan fingerprint density at radius 3 is 0.812 bits per heavy atom. The first kappa shape index (κ1) is 28.2. The third-order valence-electron chi connectivity index (χ3n) is 6.39. The lowest BCUT2D eigenvalue weighted by Crippen LogP contribution is -2.52. The SMILES string of the molecule is [CH3][Al]([c]1c(C(C)(C)C)cc(Br)cc1C(C)(C)C)[c]1c(C(C)(C)C)cc(Br)cc1C(C)(C)C. The predicted molar refractivity (Wildman–Crippen MR) is 154 cm³/mol. The second-order valence-electron chi connectivity index (χ2n) is 13.6. The first-order chi connectivity index (χ1) is 14.2. The Labute approximate surface area is 219 Å². The van der Waals surface area contributed by atoms with E-state index < -0.39 is 14.1 Å². The van der Waals surface area contributed by atoms with Gasteiger partial charge in [-0.15, -0.1) is 0 Å². The molecule has 0 unspecified atom stereocenters. The van der Waals surface area contributed by atoms with Crippen molar-refractivity contribution in [2.45, 2.75) is 111 Å². The second kappa shape index (κ2) is 9.18. The molecule has 2 rings (SSSR count). The summed E-state index contributed by atoms with van der Waals surface area (Å²) in [7, 11) is 0. The minimum absolute atomic E-state index is 0.0829. The van der Waals surface area contributed by atoms with Crippen molar-refractivity contribution in [3.05, 3.63) is 55.5 Å². The maximum absolute atomic E-state index is 3.85. The Morgan fingerprint density at radius 2 is 0.656 bits per heavy atom. The maximum Gasteiger partial charge on any atom is 0.344 e. The lowest BCUT2D eigenvalue weighted by Gasteiger charge is -2.37. The van der Waals surface area contributed by atoms with Crippen LogP contribution in [0.1, 0.15) is 105 Å². The maximum atomic E-state index is 3.85. The van der Waals surface area contributed by atoms with E-state index in [1.165, 1.54) is 31.2 Å². The van der Waals surface area contributed by atoms with Crippen molar-refractivity contribution < 1.29 is 0 Å². The van der Waals surface area contributed by atoms with Crippen LogP contribution in [-0.2, 0) is 21.7 Å². The number of halogens is 2. The molecule has 32 heavy (non-hydrogen) atoms. The van der Waals surface area contributed by atoms with Gasteiger partial charge in [0.2, 0.25) is 0 Å². The number of benzene rings is 2. The van der Waals surface area contributed by atoms with Crippen LogP contribution in [0.4, 0.5) is 0 Å². The van der Waals surface area contributed by atoms with Crippen molar-refractivity contribution in [1.82, 2.24) is 0 Å². The Bertz CT molecular complexity index is 838. The quantitative estimate of drug-likeness (QED) is 0.313. The van der Waals surface area contributed by atoms with E-state index >= 15 is 0 Å². The fourth-order valence-electron chi connectivity index (χ4n) is 4.80. The molecule has 0 fully saturated rings. The molecule has 0 saturated carbocycles. The third kappa shape index (κ3) is 6.13. The molecule has 0 aliphatic carbocycles. The highest BCUT2D eigenvalue weighted by molar-refractivity contribution is 9.10. The monoisotopic (exact) mass is 576 g/mol. The topological polar surface area (TPSA) is 0 Å². The molecule has 0 bridgehead atoms. The van der Waals surface area contributed by atoms with Gasteiger partial charge in [-0.05, 0) is 45.9 Å². The highest BCUT2D eigenvalue weighted by Gasteiger charge is 2.37. The minimum Gasteiger partial charge on any atom is -0.0977 e. The molecule has 0 atom stereocenters. The molecule has 176 valence electrons. The van der Waals surface area contributed by atoms with Gasteiger partial charge in [-0.1, -0.05) is 152 Å². The first-order valence-corrected chi connectivity index (χ1v) is 15.7. The van der Waals surface area contributed by atoms with E-state index in [9.17, 15) is 0 Å². The lowest BCUT2D eigenvalue weighted by molar-refractivity contribution is 0.572. The second-order valence-corrected chi connectivity index (χ2v) is 18.0. The van der Waals surface area contributed by atoms with Gasteiger partial charge in [-0.25, -0.2) is 0 Å². The molecular weight excluding hydrogens is 535 g/mol. The number of hydrogen-bond acceptors (Lipinski definition) is 0. The largest absolute Gasteiger partial charge is 0.344 e. The van der Waals surface area contributed by atoms with Gasteiger partial charge in [0.25, 0.3) is 0 Å². The van der Waals surface area contributed by atoms with Crippen LogP contribution in [0, 0.1) is 0 Å². The summed E-state index contributed by atoms with van der Waals surface area (Å²) in [5.74, 6) is 2.57. The van der Waals surface area contributed by atoms with E-state index in [1.54, 1.807) is 8.85 Å². The Morgan fingerprint density at radius 1 is 0.469 bits per heavy atom. The zero-order valence-corrected chi connectivity index (χ0v) is 27.0. The summed E-state index contributed by atoms with van der Waals surface area (Å²) in [4.78, 5) is 0. The molecule has 0 nitrogen and oxygen atoms in total. The van der Waals surface area contributed by atoms with Gasteiger partial charge in [-0.3, -0.25) is 0 Å². The van der Waals surface area contributed by atoms with Crippen LogP contribution in [0.15, 0.2) is 33.2 Å². The molecule has 3 heteroatoms. The molecule has 0 N–H and O–H groups in total. The molecular formula is C29H43AlBr2. The van der Waals surface area contributed by atoms with Crippen LogP contribution in [0.5, 0.6) is 0 Å². The van der Waals surface area contributed by atoms with Gasteiger partial charge in [-0.2, -0.15) is 0 Å². The summed E-state index contributed by atoms with van der Waals surface area (Å²) in [6, 6.07) is 9.56. The van der Waals surface area contributed by atoms with Gasteiger partial charge in [0.1, 0.15) is 0 Å². The average Bonchev–Trinajstić information content (AvgIpc) is 2.56. The van der Waals surface area contributed by atoms with Crippen molar-refractivity contribution >= 4 is 54.9 Å². The molecule has 0 saturated heterocycles. The van der Waals surface area contributed by atoms with Crippen molar-refractivity contribution in [3.63, 3.8) is 0 Å². The van der Waals surface area contributed by atoms with Gasteiger partial charge < -0.3 is 0 Å². The van der Waals surface area contributed by atoms with Gasteiger partial charge in [0.05, 0.1) is 0 Å². The molecule has 0 spiro atoms. The zero-order valence-electron chi connectivity index (χ0n) is 22.6. The van der Waals surface area contributed by atoms with Crippen molar-refractivity contribution in [1.29, 1.82) is 0 Å². The van der Waals surface area contributed by atoms with Crippen molar-refractivity contribution in [3.8, 4) is 0 Å². The molecule has 0 radical (unpaired) electrons. The van der Waals surface area contributed by atoms with E-state index in [2.05, 4.69) is 145 Å². The Kier molecular flexibility index (Phi) is 8.09. The van der Waals surface area contributed by atoms with Gasteiger partial charge >= 0.3 is 14.1 Å². The molecule has 2 aromatic rings. The highest BCUT2D eigenvalue weighted by atomic mass is 79.9. The summed E-state index contributed by atoms with van der Waals surface area (Å²) in [5, 5.41) is 0. The third-order valence-corrected chi connectivity index (χ3v) is 10.3. The van der Waals surface area contributed by atoms with Crippen LogP contribution >= 0.6 is 31.9 Å². The number of rotatable bonds is 2. The smallest absolute Gasteiger partial charge is 0.0977 e. The van der Waals surface area contributed by atoms with Crippen LogP contribution < -0.4 is 8.85 Å². The van der Waals surface area contributed by atoms with Crippen molar-refractivity contribution in [2.75, 3.05) is 0 Å².